The van der Waals surface area contributed by atoms with Crippen LogP contribution in [0, 0.1) is 13.8 Å². The average Bonchev–Trinajstić information content (AvgIpc) is 1.34. The number of aliphatic carboxylic acids is 10. The number of unbranched alkanes of at least 4 members (excludes halogenated alkanes) is 1. The Balaban J connectivity index is -0.000000871. The fraction of sp³-hybridized carbons (Fsp3) is 0.296. The van der Waals surface area contributed by atoms with Crippen LogP contribution in [0.25, 0.3) is 0 Å². The van der Waals surface area contributed by atoms with Crippen LogP contribution in [0.4, 0.5) is 0 Å². The number of hydrogen-bond donors (Lipinski definition) is 20. The van der Waals surface area contributed by atoms with Gasteiger partial charge in [-0.05, 0) is 85.6 Å². The molecule has 0 radical (unpaired) electrons. The molecule has 5 aromatic carbocycles. The molecule has 10 bridgehead atoms. The Kier molecular flexibility index (Phi) is 54.5. The molecule has 10 aliphatic rings. The Morgan fingerprint density at radius 2 is 0.357 bits per heavy atom. The maximum absolute atomic E-state index is 12.1. The van der Waals surface area contributed by atoms with Gasteiger partial charge < -0.3 is 194 Å². The first-order valence-corrected chi connectivity index (χ1v) is 31.2. The summed E-state index contributed by atoms with van der Waals surface area (Å²) in [5.41, 5.74) is 2.32. The molecule has 44 heteroatoms. The molecule has 2 heterocycles. The SMILES string of the molecule is Cc1cc[n+](CCCC[n+]2ccc(C)cc2)cc1.N.N.N.N.N.N.N.N.N.N.O=C(O)COc1cc2c(OCC(=O)O)cc1Cc1cc(OCC(=O)O)c(cc1OCC(=O)O)Cc1cc(OCC(=O)O)c(cc1OCC(=O)O)Cc1cc(OCC(=O)O)c(cc1OCC(=O)O)Cc1cc(OCC(=O)O)c(cc1OCC(=O)O)C2.[Br-].[Br-]. The summed E-state index contributed by atoms with van der Waals surface area (Å²) in [6.07, 6.45) is 8.70. The molecule has 0 saturated carbocycles. The van der Waals surface area contributed by atoms with E-state index in [1.807, 2.05) is 0 Å². The van der Waals surface area contributed by atoms with Gasteiger partial charge in [0, 0.05) is 125 Å². The molecule has 7 aromatic rings. The lowest BCUT2D eigenvalue weighted by atomic mass is 9.94. The second-order valence-corrected chi connectivity index (χ2v) is 23.0. The third-order valence-corrected chi connectivity index (χ3v) is 14.8. The van der Waals surface area contributed by atoms with Gasteiger partial charge in [0.15, 0.2) is 90.9 Å². The van der Waals surface area contributed by atoms with Crippen molar-refractivity contribution >= 4 is 59.7 Å². The number of hydrogen-bond acceptors (Lipinski definition) is 30. The van der Waals surface area contributed by atoms with Crippen molar-refractivity contribution in [2.75, 3.05) is 66.1 Å². The van der Waals surface area contributed by atoms with E-state index in [1.165, 1.54) is 84.6 Å². The zero-order chi connectivity index (χ0) is 74.9. The summed E-state index contributed by atoms with van der Waals surface area (Å²) >= 11 is 0. The fourth-order valence-corrected chi connectivity index (χ4v) is 10.3. The Bertz CT molecular complexity index is 3550. The number of rotatable bonds is 35. The largest absolute Gasteiger partial charge is 1.00 e. The lowest BCUT2D eigenvalue weighted by Gasteiger charge is -2.21. The van der Waals surface area contributed by atoms with Gasteiger partial charge in [0.2, 0.25) is 0 Å². The summed E-state index contributed by atoms with van der Waals surface area (Å²) < 4.78 is 62.0. The van der Waals surface area contributed by atoms with Crippen LogP contribution in [0.15, 0.2) is 110 Å². The summed E-state index contributed by atoms with van der Waals surface area (Å²) in [4.78, 5) is 121. The van der Waals surface area contributed by atoms with Gasteiger partial charge in [0.25, 0.3) is 0 Å². The van der Waals surface area contributed by atoms with E-state index in [-0.39, 0.29) is 209 Å². The molecule has 0 amide bonds. The van der Waals surface area contributed by atoms with Crippen molar-refractivity contribution in [2.24, 2.45) is 0 Å². The monoisotopic (exact) mass is 1760 g/mol. The second-order valence-electron chi connectivity index (χ2n) is 23.0. The Morgan fingerprint density at radius 1 is 0.243 bits per heavy atom. The molecule has 0 fully saturated rings. The predicted molar refractivity (Wildman–Crippen MR) is 400 cm³/mol. The normalized spacial score (nSPS) is 10.2. The molecule has 10 aliphatic carbocycles. The number of aromatic nitrogens is 2. The standard InChI is InChI=1S/C55H50O30.C16H22N2.2BrH.10H3N/c56-46(57)16-76-36-8-28-2-30-10-42(82-22-52(68)69)32(12-40(30)80-20-50(64)65)4-34-14-45(85-25-55(74)75)35(15-44(34)84-24-54(72)73)5-33-13-41(81-21-51(66)67)31(11-43(33)83-23-53(70)71)3-29-9-37(77-17-47(58)59)27(7-39(29)79-19-49(62)63)1-26(36)6-38(28)78-18-48(60)61;1-15-5-11-17(12-6-15)9-3-4-10-18-13-7-16(2)8-14-18;;;;;;;;;;;;/h6-15H,1-5,16-25H2,(H,56,57)(H,58,59)(H,60,61)(H,62,63)(H,64,65)(H,66,67)(H,68,69)(H,70,71)(H,72,73)(H,74,75);5-8,11-14H,3-4,9-10H2,1-2H3;2*1H;10*1H3/q;+2;;;;;;;;;;;;/p-2. The second kappa shape index (κ2) is 55.2. The third kappa shape index (κ3) is 37.2. The zero-order valence-corrected chi connectivity index (χ0v) is 66.4. The van der Waals surface area contributed by atoms with E-state index in [9.17, 15) is 99.0 Å². The van der Waals surface area contributed by atoms with Crippen LogP contribution < -0.4 is 152 Å². The highest BCUT2D eigenvalue weighted by Gasteiger charge is 2.27. The molecule has 42 nitrogen and oxygen atoms in total. The lowest BCUT2D eigenvalue weighted by Crippen LogP contribution is -3.00. The number of carboxylic acid groups (broad SMARTS) is 10. The molecular formula is C71H102Br2N12O30. The lowest BCUT2D eigenvalue weighted by molar-refractivity contribution is -0.708. The van der Waals surface area contributed by atoms with E-state index in [4.69, 9.17) is 47.4 Å². The van der Waals surface area contributed by atoms with Crippen LogP contribution >= 0.6 is 0 Å². The smallest absolute Gasteiger partial charge is 0.341 e. The predicted octanol–water partition coefficient (Wildman–Crippen LogP) is 0.575. The first kappa shape index (κ1) is 114. The maximum atomic E-state index is 12.1. The van der Waals surface area contributed by atoms with Crippen molar-refractivity contribution in [3.05, 3.63) is 176 Å². The molecule has 0 saturated heterocycles. The molecular weight excluding hydrogens is 1660 g/mol. The number of halogens is 2. The highest BCUT2D eigenvalue weighted by molar-refractivity contribution is 5.74. The van der Waals surface area contributed by atoms with Gasteiger partial charge in [-0.15, -0.1) is 0 Å². The fourth-order valence-electron chi connectivity index (χ4n) is 10.3. The Hall–Kier alpha value is -12.3. The Labute approximate surface area is 679 Å². The van der Waals surface area contributed by atoms with Crippen LogP contribution in [-0.2, 0) is 93.1 Å². The van der Waals surface area contributed by atoms with E-state index >= 15 is 0 Å². The van der Waals surface area contributed by atoms with Crippen LogP contribution in [0.1, 0.15) is 79.6 Å². The van der Waals surface area contributed by atoms with Gasteiger partial charge >= 0.3 is 59.7 Å². The molecule has 40 N–H and O–H groups in total. The summed E-state index contributed by atoms with van der Waals surface area (Å²) in [6, 6.07) is 20.7. The average molecular weight is 1760 g/mol. The van der Waals surface area contributed by atoms with Crippen molar-refractivity contribution in [3.63, 3.8) is 0 Å². The molecule has 0 spiro atoms. The van der Waals surface area contributed by atoms with Crippen LogP contribution in [-0.4, -0.2) is 177 Å². The number of aryl methyl sites for hydroxylation is 4. The van der Waals surface area contributed by atoms with Gasteiger partial charge in [0.05, 0.1) is 0 Å². The van der Waals surface area contributed by atoms with Crippen LogP contribution in [0.3, 0.4) is 0 Å². The minimum atomic E-state index is -1.50. The number of pyridine rings is 2. The van der Waals surface area contributed by atoms with Gasteiger partial charge in [-0.1, -0.05) is 0 Å². The van der Waals surface area contributed by atoms with Gasteiger partial charge in [-0.25, -0.2) is 57.1 Å². The van der Waals surface area contributed by atoms with E-state index in [0.29, 0.717) is 0 Å². The topological polar surface area (TPSA) is 823 Å². The number of carbonyl (C=O) groups is 10. The van der Waals surface area contributed by atoms with Crippen LogP contribution in [0.2, 0.25) is 0 Å². The first-order valence-electron chi connectivity index (χ1n) is 31.2. The molecule has 2 aromatic heterocycles. The maximum Gasteiger partial charge on any atom is 0.341 e. The highest BCUT2D eigenvalue weighted by atomic mass is 79.9. The quantitative estimate of drug-likeness (QED) is 0.0191. The summed E-state index contributed by atoms with van der Waals surface area (Å²) in [5.74, 6) is -17.8. The van der Waals surface area contributed by atoms with Crippen molar-refractivity contribution in [1.82, 2.24) is 61.5 Å². The minimum absolute atomic E-state index is 0. The van der Waals surface area contributed by atoms with Crippen molar-refractivity contribution in [2.45, 2.75) is 71.9 Å². The molecule has 115 heavy (non-hydrogen) atoms. The van der Waals surface area contributed by atoms with E-state index in [2.05, 4.69) is 72.0 Å². The molecule has 17 rings (SSSR count). The first-order chi connectivity index (χ1) is 49.0. The van der Waals surface area contributed by atoms with Crippen LogP contribution in [0.5, 0.6) is 57.5 Å². The van der Waals surface area contributed by atoms with Gasteiger partial charge in [0.1, 0.15) is 70.6 Å². The summed E-state index contributed by atoms with van der Waals surface area (Å²) in [7, 11) is 0. The number of ether oxygens (including phenoxy) is 10. The summed E-state index contributed by atoms with van der Waals surface area (Å²) in [5, 5.41) is 98.0. The zero-order valence-electron chi connectivity index (χ0n) is 63.2. The highest BCUT2D eigenvalue weighted by Crippen LogP contribution is 2.43. The van der Waals surface area contributed by atoms with Gasteiger partial charge in [-0.3, -0.25) is 0 Å². The number of carboxylic acids is 10. The van der Waals surface area contributed by atoms with E-state index in [1.54, 1.807) is 0 Å². The van der Waals surface area contributed by atoms with E-state index in [0.717, 1.165) is 13.1 Å². The molecule has 0 unspecified atom stereocenters. The molecule has 0 aliphatic heterocycles. The minimum Gasteiger partial charge on any atom is -1.00 e. The number of benzene rings is 5. The molecule has 640 valence electrons. The molecule has 0 atom stereocenters. The summed E-state index contributed by atoms with van der Waals surface area (Å²) in [6.45, 7) is -3.86. The van der Waals surface area contributed by atoms with E-state index < -0.39 is 158 Å². The Morgan fingerprint density at radius 3 is 0.461 bits per heavy atom. The third-order valence-electron chi connectivity index (χ3n) is 14.8. The van der Waals surface area contributed by atoms with Crippen molar-refractivity contribution in [1.29, 1.82) is 0 Å². The number of nitrogens with zero attached hydrogens (tertiary/aromatic N) is 2. The van der Waals surface area contributed by atoms with Crippen molar-refractivity contribution < 1.29 is 189 Å². The van der Waals surface area contributed by atoms with Crippen molar-refractivity contribution in [3.8, 4) is 57.5 Å². The van der Waals surface area contributed by atoms with Gasteiger partial charge in [-0.2, -0.15) is 0 Å².